The maximum absolute atomic E-state index is 12.9. The molecule has 3 rings (SSSR count). The summed E-state index contributed by atoms with van der Waals surface area (Å²) >= 11 is 0. The van der Waals surface area contributed by atoms with Gasteiger partial charge < -0.3 is 4.74 Å². The van der Waals surface area contributed by atoms with Crippen molar-refractivity contribution in [1.29, 1.82) is 0 Å². The van der Waals surface area contributed by atoms with Crippen LogP contribution in [-0.4, -0.2) is 18.6 Å². The van der Waals surface area contributed by atoms with E-state index in [1.54, 1.807) is 7.11 Å². The summed E-state index contributed by atoms with van der Waals surface area (Å²) in [6.45, 7) is 5.86. The number of amides is 1. The first-order valence-corrected chi connectivity index (χ1v) is 7.75. The Labute approximate surface area is 137 Å². The number of hydrogen-bond donors (Lipinski definition) is 1. The third kappa shape index (κ3) is 2.70. The zero-order chi connectivity index (χ0) is 16.6. The van der Waals surface area contributed by atoms with Crippen LogP contribution in [0.25, 0.3) is 0 Å². The third-order valence-corrected chi connectivity index (χ3v) is 4.22. The van der Waals surface area contributed by atoms with Gasteiger partial charge in [0.25, 0.3) is 0 Å². The third-order valence-electron chi connectivity index (χ3n) is 4.22. The van der Waals surface area contributed by atoms with Crippen LogP contribution in [0.2, 0.25) is 0 Å². The standard InChI is InChI=1S/C19H22N2O2/c1-13-10-11-16(23-4)15(12-13)17-20-19(2,3)18(22)21(17)14-8-6-5-7-9-14/h5-12,17,20H,1-4H3. The summed E-state index contributed by atoms with van der Waals surface area (Å²) in [6.07, 6.45) is -0.255. The van der Waals surface area contributed by atoms with Gasteiger partial charge in [0.1, 0.15) is 11.9 Å². The Hall–Kier alpha value is -2.33. The molecule has 1 unspecified atom stereocenters. The number of para-hydroxylation sites is 1. The highest BCUT2D eigenvalue weighted by Gasteiger charge is 2.46. The summed E-state index contributed by atoms with van der Waals surface area (Å²) in [5.74, 6) is 0.830. The van der Waals surface area contributed by atoms with E-state index < -0.39 is 5.54 Å². The smallest absolute Gasteiger partial charge is 0.248 e. The van der Waals surface area contributed by atoms with E-state index >= 15 is 0 Å². The van der Waals surface area contributed by atoms with Crippen LogP contribution in [0.5, 0.6) is 5.75 Å². The van der Waals surface area contributed by atoms with Gasteiger partial charge in [0.15, 0.2) is 0 Å². The van der Waals surface area contributed by atoms with Crippen LogP contribution in [0, 0.1) is 6.92 Å². The van der Waals surface area contributed by atoms with E-state index in [0.717, 1.165) is 22.6 Å². The lowest BCUT2D eigenvalue weighted by Gasteiger charge is -2.26. The van der Waals surface area contributed by atoms with E-state index in [-0.39, 0.29) is 12.1 Å². The van der Waals surface area contributed by atoms with Gasteiger partial charge in [-0.25, -0.2) is 0 Å². The summed E-state index contributed by atoms with van der Waals surface area (Å²) in [6, 6.07) is 15.8. The van der Waals surface area contributed by atoms with Crippen molar-refractivity contribution in [2.24, 2.45) is 0 Å². The number of nitrogens with one attached hydrogen (secondary N) is 1. The quantitative estimate of drug-likeness (QED) is 0.944. The van der Waals surface area contributed by atoms with Crippen molar-refractivity contribution in [3.63, 3.8) is 0 Å². The number of hydrogen-bond acceptors (Lipinski definition) is 3. The second kappa shape index (κ2) is 5.70. The van der Waals surface area contributed by atoms with Crippen molar-refractivity contribution in [2.75, 3.05) is 12.0 Å². The number of aryl methyl sites for hydroxylation is 1. The summed E-state index contributed by atoms with van der Waals surface area (Å²) in [5, 5.41) is 3.44. The van der Waals surface area contributed by atoms with Gasteiger partial charge in [0.2, 0.25) is 5.91 Å². The van der Waals surface area contributed by atoms with Gasteiger partial charge in [-0.2, -0.15) is 0 Å². The highest BCUT2D eigenvalue weighted by Crippen LogP contribution is 2.38. The van der Waals surface area contributed by atoms with E-state index in [2.05, 4.69) is 11.4 Å². The first kappa shape index (κ1) is 15.6. The molecule has 4 nitrogen and oxygen atoms in total. The number of carbonyl (C=O) groups excluding carboxylic acids is 1. The second-order valence-corrected chi connectivity index (χ2v) is 6.43. The largest absolute Gasteiger partial charge is 0.496 e. The Balaban J connectivity index is 2.13. The minimum atomic E-state index is -0.630. The lowest BCUT2D eigenvalue weighted by Crippen LogP contribution is -2.40. The average molecular weight is 310 g/mol. The number of nitrogens with zero attached hydrogens (tertiary/aromatic N) is 1. The normalized spacial score (nSPS) is 19.9. The van der Waals surface area contributed by atoms with Gasteiger partial charge in [-0.3, -0.25) is 15.0 Å². The van der Waals surface area contributed by atoms with E-state index in [0.29, 0.717) is 0 Å². The molecule has 4 heteroatoms. The van der Waals surface area contributed by atoms with Gasteiger partial charge in [-0.05, 0) is 45.0 Å². The summed E-state index contributed by atoms with van der Waals surface area (Å²) in [5.41, 5.74) is 2.35. The summed E-state index contributed by atoms with van der Waals surface area (Å²) in [4.78, 5) is 14.7. The Morgan fingerprint density at radius 1 is 1.13 bits per heavy atom. The molecular weight excluding hydrogens is 288 g/mol. The van der Waals surface area contributed by atoms with Crippen LogP contribution in [0.4, 0.5) is 5.69 Å². The van der Waals surface area contributed by atoms with Crippen LogP contribution in [0.15, 0.2) is 48.5 Å². The maximum atomic E-state index is 12.9. The van der Waals surface area contributed by atoms with E-state index in [1.807, 2.05) is 68.1 Å². The SMILES string of the molecule is COc1ccc(C)cc1C1NC(C)(C)C(=O)N1c1ccccc1. The van der Waals surface area contributed by atoms with Crippen molar-refractivity contribution in [3.05, 3.63) is 59.7 Å². The zero-order valence-electron chi connectivity index (χ0n) is 14.0. The molecule has 1 amide bonds. The second-order valence-electron chi connectivity index (χ2n) is 6.43. The fourth-order valence-corrected chi connectivity index (χ4v) is 3.03. The predicted octanol–water partition coefficient (Wildman–Crippen LogP) is 3.42. The van der Waals surface area contributed by atoms with Crippen molar-refractivity contribution < 1.29 is 9.53 Å². The molecule has 2 aromatic rings. The van der Waals surface area contributed by atoms with Crippen molar-refractivity contribution in [3.8, 4) is 5.75 Å². The first-order valence-electron chi connectivity index (χ1n) is 7.75. The topological polar surface area (TPSA) is 41.6 Å². The van der Waals surface area contributed by atoms with E-state index in [4.69, 9.17) is 4.74 Å². The predicted molar refractivity (Wildman–Crippen MR) is 91.6 cm³/mol. The molecule has 0 spiro atoms. The highest BCUT2D eigenvalue weighted by molar-refractivity contribution is 6.02. The molecule has 120 valence electrons. The molecule has 0 aliphatic carbocycles. The minimum Gasteiger partial charge on any atom is -0.496 e. The summed E-state index contributed by atoms with van der Waals surface area (Å²) < 4.78 is 5.52. The molecule has 0 radical (unpaired) electrons. The summed E-state index contributed by atoms with van der Waals surface area (Å²) in [7, 11) is 1.66. The van der Waals surface area contributed by atoms with Crippen molar-refractivity contribution in [1.82, 2.24) is 5.32 Å². The number of anilines is 1. The first-order chi connectivity index (χ1) is 10.9. The van der Waals surface area contributed by atoms with Gasteiger partial charge in [-0.1, -0.05) is 29.8 Å². The Morgan fingerprint density at radius 2 is 1.83 bits per heavy atom. The average Bonchev–Trinajstić information content (AvgIpc) is 2.78. The molecule has 1 aliphatic heterocycles. The van der Waals surface area contributed by atoms with Crippen LogP contribution in [-0.2, 0) is 4.79 Å². The van der Waals surface area contributed by atoms with E-state index in [9.17, 15) is 4.79 Å². The van der Waals surface area contributed by atoms with Gasteiger partial charge in [-0.15, -0.1) is 0 Å². The molecular formula is C19H22N2O2. The lowest BCUT2D eigenvalue weighted by molar-refractivity contribution is -0.121. The van der Waals surface area contributed by atoms with Gasteiger partial charge >= 0.3 is 0 Å². The number of ether oxygens (including phenoxy) is 1. The highest BCUT2D eigenvalue weighted by atomic mass is 16.5. The molecule has 2 aromatic carbocycles. The molecule has 1 atom stereocenters. The molecule has 0 bridgehead atoms. The van der Waals surface area contributed by atoms with Crippen LogP contribution in [0.1, 0.15) is 31.1 Å². The molecule has 1 saturated heterocycles. The molecule has 0 saturated carbocycles. The number of methoxy groups -OCH3 is 1. The van der Waals surface area contributed by atoms with Crippen LogP contribution < -0.4 is 15.0 Å². The monoisotopic (exact) mass is 310 g/mol. The van der Waals surface area contributed by atoms with Gasteiger partial charge in [0, 0.05) is 11.3 Å². The number of carbonyl (C=O) groups is 1. The van der Waals surface area contributed by atoms with Crippen molar-refractivity contribution >= 4 is 11.6 Å². The Bertz CT molecular complexity index is 725. The Morgan fingerprint density at radius 3 is 2.48 bits per heavy atom. The number of rotatable bonds is 3. The molecule has 23 heavy (non-hydrogen) atoms. The van der Waals surface area contributed by atoms with E-state index in [1.165, 1.54) is 0 Å². The van der Waals surface area contributed by atoms with Crippen molar-refractivity contribution in [2.45, 2.75) is 32.5 Å². The fourth-order valence-electron chi connectivity index (χ4n) is 3.03. The van der Waals surface area contributed by atoms with Crippen LogP contribution in [0.3, 0.4) is 0 Å². The Kier molecular flexibility index (Phi) is 3.86. The minimum absolute atomic E-state index is 0.0530. The molecule has 1 N–H and O–H groups in total. The van der Waals surface area contributed by atoms with Gasteiger partial charge in [0.05, 0.1) is 12.6 Å². The number of benzene rings is 2. The maximum Gasteiger partial charge on any atom is 0.248 e. The molecule has 1 fully saturated rings. The zero-order valence-corrected chi connectivity index (χ0v) is 14.0. The lowest BCUT2D eigenvalue weighted by atomic mass is 10.1. The fraction of sp³-hybridized carbons (Fsp3) is 0.316. The van der Waals surface area contributed by atoms with Crippen LogP contribution >= 0.6 is 0 Å². The molecule has 1 heterocycles. The molecule has 1 aliphatic rings. The molecule has 0 aromatic heterocycles.